The Hall–Kier alpha value is -2.26. The second kappa shape index (κ2) is 6.13. The molecule has 27 heavy (non-hydrogen) atoms. The van der Waals surface area contributed by atoms with Crippen molar-refractivity contribution in [1.82, 2.24) is 0 Å². The van der Waals surface area contributed by atoms with Gasteiger partial charge >= 0.3 is 0 Å². The molecule has 1 aromatic rings. The fourth-order valence-electron chi connectivity index (χ4n) is 3.66. The zero-order chi connectivity index (χ0) is 19.4. The van der Waals surface area contributed by atoms with Gasteiger partial charge in [-0.2, -0.15) is 0 Å². The summed E-state index contributed by atoms with van der Waals surface area (Å²) < 4.78 is 62.3. The highest BCUT2D eigenvalue weighted by atomic mass is 32.2. The molecule has 0 spiro atoms. The summed E-state index contributed by atoms with van der Waals surface area (Å²) in [6.45, 7) is 1.80. The van der Waals surface area contributed by atoms with Crippen LogP contribution in [0.4, 0.5) is 5.69 Å². The molecule has 4 rings (SSSR count). The monoisotopic (exact) mass is 409 g/mol. The molecule has 1 aromatic carbocycles. The van der Waals surface area contributed by atoms with Crippen molar-refractivity contribution in [3.05, 3.63) is 59.4 Å². The Kier molecular flexibility index (Phi) is 4.12. The molecule has 0 saturated heterocycles. The number of hydrogen-bond donors (Lipinski definition) is 0. The fourth-order valence-corrected chi connectivity index (χ4v) is 6.31. The number of benzene rings is 1. The zero-order valence-electron chi connectivity index (χ0n) is 14.8. The van der Waals surface area contributed by atoms with Gasteiger partial charge in [0.25, 0.3) is 0 Å². The minimum absolute atomic E-state index is 0.130. The second-order valence-corrected chi connectivity index (χ2v) is 10.6. The van der Waals surface area contributed by atoms with E-state index in [1.165, 1.54) is 35.0 Å². The third kappa shape index (κ3) is 3.04. The van der Waals surface area contributed by atoms with Crippen molar-refractivity contribution >= 4 is 25.5 Å². The topological polar surface area (TPSA) is 90.0 Å². The van der Waals surface area contributed by atoms with E-state index in [9.17, 15) is 16.8 Å². The van der Waals surface area contributed by atoms with E-state index in [4.69, 9.17) is 9.47 Å². The molecule has 7 nitrogen and oxygen atoms in total. The van der Waals surface area contributed by atoms with Crippen molar-refractivity contribution in [1.29, 1.82) is 0 Å². The molecule has 0 amide bonds. The summed E-state index contributed by atoms with van der Waals surface area (Å²) in [5.74, 6) is 0. The van der Waals surface area contributed by atoms with Gasteiger partial charge in [-0.15, -0.1) is 0 Å². The highest BCUT2D eigenvalue weighted by molar-refractivity contribution is 7.95. The quantitative estimate of drug-likeness (QED) is 0.757. The van der Waals surface area contributed by atoms with E-state index in [0.717, 1.165) is 6.26 Å². The van der Waals surface area contributed by atoms with Crippen LogP contribution in [-0.2, 0) is 35.8 Å². The van der Waals surface area contributed by atoms with E-state index in [1.54, 1.807) is 25.1 Å². The van der Waals surface area contributed by atoms with Crippen LogP contribution in [0.15, 0.2) is 58.8 Å². The highest BCUT2D eigenvalue weighted by Gasteiger charge is 2.35. The molecule has 3 unspecified atom stereocenters. The van der Waals surface area contributed by atoms with Crippen LogP contribution in [0.3, 0.4) is 0 Å². The summed E-state index contributed by atoms with van der Waals surface area (Å²) in [5, 5.41) is 0. The normalized spacial score (nSPS) is 26.7. The molecule has 144 valence electrons. The number of rotatable bonds is 3. The lowest BCUT2D eigenvalue weighted by Crippen LogP contribution is -2.34. The maximum absolute atomic E-state index is 13.1. The van der Waals surface area contributed by atoms with Gasteiger partial charge in [0.15, 0.2) is 12.2 Å². The standard InChI is InChI=1S/C18H19NO6S2/c1-12-9-13-10-14(3-5-16(13)19(12)26(2,20)21)27(22,23)15-4-6-17-18(11-15)25-8-7-24-17/h3-8,10-12,17-18H,9H2,1-2H3. The molecule has 3 aliphatic rings. The number of sulfone groups is 1. The van der Waals surface area contributed by atoms with Gasteiger partial charge in [0.05, 0.1) is 21.7 Å². The molecule has 2 heterocycles. The largest absolute Gasteiger partial charge is 0.487 e. The Morgan fingerprint density at radius 3 is 2.48 bits per heavy atom. The van der Waals surface area contributed by atoms with Crippen LogP contribution in [0.2, 0.25) is 0 Å². The number of hydrogen-bond acceptors (Lipinski definition) is 6. The van der Waals surface area contributed by atoms with E-state index in [2.05, 4.69) is 0 Å². The summed E-state index contributed by atoms with van der Waals surface area (Å²) in [4.78, 5) is 0.263. The van der Waals surface area contributed by atoms with E-state index in [1.807, 2.05) is 0 Å². The Labute approximate surface area is 158 Å². The predicted molar refractivity (Wildman–Crippen MR) is 100 cm³/mol. The van der Waals surface area contributed by atoms with E-state index in [0.29, 0.717) is 17.7 Å². The molecular formula is C18H19NO6S2. The summed E-state index contributed by atoms with van der Waals surface area (Å²) >= 11 is 0. The summed E-state index contributed by atoms with van der Waals surface area (Å²) in [5.41, 5.74) is 1.23. The Morgan fingerprint density at radius 2 is 1.78 bits per heavy atom. The number of ether oxygens (including phenoxy) is 2. The van der Waals surface area contributed by atoms with Gasteiger partial charge in [-0.25, -0.2) is 16.8 Å². The minimum Gasteiger partial charge on any atom is -0.487 e. The first kappa shape index (κ1) is 18.1. The van der Waals surface area contributed by atoms with Gasteiger partial charge in [0.2, 0.25) is 19.9 Å². The van der Waals surface area contributed by atoms with Crippen LogP contribution in [0.5, 0.6) is 0 Å². The van der Waals surface area contributed by atoms with Crippen molar-refractivity contribution in [3.63, 3.8) is 0 Å². The minimum atomic E-state index is -3.76. The first-order valence-corrected chi connectivity index (χ1v) is 11.7. The third-order valence-corrected chi connectivity index (χ3v) is 7.85. The van der Waals surface area contributed by atoms with Gasteiger partial charge in [0, 0.05) is 6.04 Å². The Balaban J connectivity index is 1.71. The van der Waals surface area contributed by atoms with Gasteiger partial charge < -0.3 is 9.47 Å². The smallest absolute Gasteiger partial charge is 0.232 e. The van der Waals surface area contributed by atoms with Crippen molar-refractivity contribution in [2.75, 3.05) is 10.6 Å². The van der Waals surface area contributed by atoms with Crippen molar-refractivity contribution < 1.29 is 26.3 Å². The van der Waals surface area contributed by atoms with Crippen LogP contribution in [0, 0.1) is 0 Å². The molecule has 1 aliphatic carbocycles. The molecule has 0 aromatic heterocycles. The predicted octanol–water partition coefficient (Wildman–Crippen LogP) is 1.88. The van der Waals surface area contributed by atoms with Crippen molar-refractivity contribution in [2.24, 2.45) is 0 Å². The van der Waals surface area contributed by atoms with Crippen molar-refractivity contribution in [2.45, 2.75) is 36.5 Å². The Bertz CT molecular complexity index is 1080. The lowest BCUT2D eigenvalue weighted by Gasteiger charge is -2.27. The van der Waals surface area contributed by atoms with Crippen molar-refractivity contribution in [3.8, 4) is 0 Å². The fraction of sp³-hybridized carbons (Fsp3) is 0.333. The summed E-state index contributed by atoms with van der Waals surface area (Å²) in [6, 6.07) is 4.32. The maximum atomic E-state index is 13.1. The number of fused-ring (bicyclic) bond motifs is 2. The zero-order valence-corrected chi connectivity index (χ0v) is 16.4. The van der Waals surface area contributed by atoms with E-state index in [-0.39, 0.29) is 21.9 Å². The van der Waals surface area contributed by atoms with Gasteiger partial charge in [-0.3, -0.25) is 4.31 Å². The summed E-state index contributed by atoms with van der Waals surface area (Å²) in [7, 11) is -7.18. The molecule has 2 aliphatic heterocycles. The molecular weight excluding hydrogens is 390 g/mol. The van der Waals surface area contributed by atoms with Crippen LogP contribution in [0.1, 0.15) is 12.5 Å². The first-order valence-electron chi connectivity index (χ1n) is 8.41. The van der Waals surface area contributed by atoms with Crippen LogP contribution in [0.25, 0.3) is 0 Å². The SMILES string of the molecule is CC1Cc2cc(S(=O)(=O)C3=CC4OC=COC4C=C3)ccc2N1S(C)(=O)=O. The van der Waals surface area contributed by atoms with E-state index < -0.39 is 26.0 Å². The van der Waals surface area contributed by atoms with Gasteiger partial charge in [-0.05, 0) is 55.3 Å². The van der Waals surface area contributed by atoms with Gasteiger partial charge in [0.1, 0.15) is 12.5 Å². The van der Waals surface area contributed by atoms with Crippen LogP contribution in [-0.4, -0.2) is 41.3 Å². The van der Waals surface area contributed by atoms with Crippen LogP contribution < -0.4 is 4.31 Å². The Morgan fingerprint density at radius 1 is 1.07 bits per heavy atom. The number of sulfonamides is 1. The average Bonchev–Trinajstić information content (AvgIpc) is 2.96. The molecule has 0 saturated carbocycles. The highest BCUT2D eigenvalue weighted by Crippen LogP contribution is 2.37. The molecule has 0 N–H and O–H groups in total. The maximum Gasteiger partial charge on any atom is 0.232 e. The second-order valence-electron chi connectivity index (χ2n) is 6.81. The molecule has 0 bridgehead atoms. The van der Waals surface area contributed by atoms with Gasteiger partial charge in [-0.1, -0.05) is 0 Å². The van der Waals surface area contributed by atoms with E-state index >= 15 is 0 Å². The molecule has 3 atom stereocenters. The number of allylic oxidation sites excluding steroid dienone is 1. The summed E-state index contributed by atoms with van der Waals surface area (Å²) in [6.07, 6.45) is 8.27. The molecule has 0 fully saturated rings. The average molecular weight is 409 g/mol. The first-order chi connectivity index (χ1) is 12.7. The van der Waals surface area contributed by atoms with Crippen LogP contribution >= 0.6 is 0 Å². The molecule has 0 radical (unpaired) electrons. The lowest BCUT2D eigenvalue weighted by molar-refractivity contribution is 0.0179. The number of anilines is 1. The molecule has 9 heteroatoms. The number of nitrogens with zero attached hydrogens (tertiary/aromatic N) is 1. The lowest BCUT2D eigenvalue weighted by atomic mass is 10.1. The third-order valence-electron chi connectivity index (χ3n) is 4.81.